The summed E-state index contributed by atoms with van der Waals surface area (Å²) in [5.74, 6) is 0.909. The number of nitrogens with one attached hydrogen (secondary N) is 2. The minimum atomic E-state index is -1.19. The first-order valence-corrected chi connectivity index (χ1v) is 9.68. The van der Waals surface area contributed by atoms with Gasteiger partial charge < -0.3 is 25.1 Å². The molecule has 28 heavy (non-hydrogen) atoms. The van der Waals surface area contributed by atoms with Crippen LogP contribution in [0.2, 0.25) is 0 Å². The molecule has 7 heteroatoms. The minimum Gasteiger partial charge on any atom is -0.466 e. The topological polar surface area (TPSA) is 90.1 Å². The van der Waals surface area contributed by atoms with E-state index in [2.05, 4.69) is 21.7 Å². The number of hydrogen-bond donors (Lipinski definition) is 3. The molecule has 2 aromatic rings. The Labute approximate surface area is 165 Å². The molecule has 2 heterocycles. The third-order valence-corrected chi connectivity index (χ3v) is 4.78. The van der Waals surface area contributed by atoms with Crippen molar-refractivity contribution in [2.24, 2.45) is 4.99 Å². The van der Waals surface area contributed by atoms with E-state index in [1.54, 1.807) is 19.1 Å². The van der Waals surface area contributed by atoms with E-state index in [4.69, 9.17) is 4.42 Å². The van der Waals surface area contributed by atoms with E-state index in [1.165, 1.54) is 11.8 Å². The van der Waals surface area contributed by atoms with E-state index in [1.807, 2.05) is 30.0 Å². The summed E-state index contributed by atoms with van der Waals surface area (Å²) in [6, 6.07) is 11.5. The van der Waals surface area contributed by atoms with Crippen LogP contribution in [0.25, 0.3) is 0 Å². The molecule has 7 nitrogen and oxygen atoms in total. The number of carbonyl (C=O) groups is 1. The standard InChI is InChI=1S/C21H28N4O3/c1-3-22-20(24-15-21(2,27)18-11-7-13-28-18)23-14-19(26)25-12-6-9-16-8-4-5-10-17(16)25/h4-5,7-8,10-11,13,27H,3,6,9,12,14-15H2,1-2H3,(H2,22,23,24). The van der Waals surface area contributed by atoms with Crippen molar-refractivity contribution in [2.75, 3.05) is 31.1 Å². The third kappa shape index (κ3) is 4.72. The van der Waals surface area contributed by atoms with Gasteiger partial charge in [-0.05, 0) is 50.5 Å². The van der Waals surface area contributed by atoms with Crippen LogP contribution in [0.5, 0.6) is 0 Å². The van der Waals surface area contributed by atoms with Gasteiger partial charge in [-0.25, -0.2) is 4.99 Å². The molecule has 0 aliphatic carbocycles. The number of nitrogens with zero attached hydrogens (tertiary/aromatic N) is 2. The fourth-order valence-electron chi connectivity index (χ4n) is 3.29. The maximum atomic E-state index is 12.8. The highest BCUT2D eigenvalue weighted by atomic mass is 16.4. The lowest BCUT2D eigenvalue weighted by molar-refractivity contribution is -0.117. The molecule has 1 atom stereocenters. The monoisotopic (exact) mass is 384 g/mol. The molecule has 0 saturated carbocycles. The Hall–Kier alpha value is -2.80. The van der Waals surface area contributed by atoms with Gasteiger partial charge in [-0.2, -0.15) is 0 Å². The second-order valence-electron chi connectivity index (χ2n) is 7.08. The Morgan fingerprint density at radius 3 is 2.86 bits per heavy atom. The van der Waals surface area contributed by atoms with Crippen molar-refractivity contribution in [3.8, 4) is 0 Å². The Balaban J connectivity index is 1.64. The second-order valence-corrected chi connectivity index (χ2v) is 7.08. The molecular formula is C21H28N4O3. The molecule has 0 radical (unpaired) electrons. The number of aliphatic hydroxyl groups is 1. The maximum Gasteiger partial charge on any atom is 0.248 e. The van der Waals surface area contributed by atoms with Crippen molar-refractivity contribution in [3.05, 3.63) is 54.0 Å². The Bertz CT molecular complexity index is 815. The number of anilines is 1. The molecular weight excluding hydrogens is 356 g/mol. The zero-order chi connectivity index (χ0) is 20.0. The molecule has 1 aliphatic heterocycles. The van der Waals surface area contributed by atoms with Crippen molar-refractivity contribution in [2.45, 2.75) is 32.3 Å². The van der Waals surface area contributed by atoms with Crippen LogP contribution < -0.4 is 15.5 Å². The van der Waals surface area contributed by atoms with E-state index in [9.17, 15) is 9.90 Å². The van der Waals surface area contributed by atoms with Crippen LogP contribution in [-0.4, -0.2) is 43.2 Å². The van der Waals surface area contributed by atoms with Gasteiger partial charge in [0, 0.05) is 18.8 Å². The van der Waals surface area contributed by atoms with Crippen LogP contribution in [0.1, 0.15) is 31.6 Å². The lowest BCUT2D eigenvalue weighted by atomic mass is 10.0. The first kappa shape index (κ1) is 19.9. The minimum absolute atomic E-state index is 0.0343. The third-order valence-electron chi connectivity index (χ3n) is 4.78. The van der Waals surface area contributed by atoms with Gasteiger partial charge in [-0.15, -0.1) is 0 Å². The number of rotatable bonds is 6. The predicted octanol–water partition coefficient (Wildman–Crippen LogP) is 2.02. The lowest BCUT2D eigenvalue weighted by Crippen LogP contribution is -2.45. The van der Waals surface area contributed by atoms with Crippen LogP contribution >= 0.6 is 0 Å². The van der Waals surface area contributed by atoms with Crippen molar-refractivity contribution >= 4 is 17.6 Å². The molecule has 150 valence electrons. The number of aliphatic imine (C=N–C) groups is 1. The highest BCUT2D eigenvalue weighted by molar-refractivity contribution is 5.97. The van der Waals surface area contributed by atoms with Crippen molar-refractivity contribution in [1.29, 1.82) is 0 Å². The SMILES string of the molecule is CCNC(=NCC(=O)N1CCCc2ccccc21)NCC(C)(O)c1ccco1. The Morgan fingerprint density at radius 1 is 1.29 bits per heavy atom. The van der Waals surface area contributed by atoms with Crippen molar-refractivity contribution in [3.63, 3.8) is 0 Å². The van der Waals surface area contributed by atoms with E-state index >= 15 is 0 Å². The average molecular weight is 384 g/mol. The number of fused-ring (bicyclic) bond motifs is 1. The zero-order valence-electron chi connectivity index (χ0n) is 16.4. The molecule has 1 amide bonds. The van der Waals surface area contributed by atoms with E-state index < -0.39 is 5.60 Å². The van der Waals surface area contributed by atoms with Gasteiger partial charge >= 0.3 is 0 Å². The van der Waals surface area contributed by atoms with Crippen molar-refractivity contribution < 1.29 is 14.3 Å². The normalized spacial score (nSPS) is 16.2. The van der Waals surface area contributed by atoms with Gasteiger partial charge in [-0.1, -0.05) is 18.2 Å². The molecule has 1 aromatic carbocycles. The first-order valence-electron chi connectivity index (χ1n) is 9.68. The van der Waals surface area contributed by atoms with Crippen molar-refractivity contribution in [1.82, 2.24) is 10.6 Å². The predicted molar refractivity (Wildman–Crippen MR) is 109 cm³/mol. The van der Waals surface area contributed by atoms with Crippen LogP contribution in [0.4, 0.5) is 5.69 Å². The largest absolute Gasteiger partial charge is 0.466 e. The van der Waals surface area contributed by atoms with Gasteiger partial charge in [0.25, 0.3) is 0 Å². The molecule has 0 fully saturated rings. The van der Waals surface area contributed by atoms with Crippen LogP contribution in [0.15, 0.2) is 52.1 Å². The number of amides is 1. The summed E-state index contributed by atoms with van der Waals surface area (Å²) in [6.45, 7) is 5.21. The van der Waals surface area contributed by atoms with Gasteiger partial charge in [-0.3, -0.25) is 4.79 Å². The van der Waals surface area contributed by atoms with Crippen LogP contribution in [0.3, 0.4) is 0 Å². The Kier molecular flexibility index (Phi) is 6.36. The van der Waals surface area contributed by atoms with Gasteiger partial charge in [0.2, 0.25) is 5.91 Å². The molecule has 1 unspecified atom stereocenters. The molecule has 0 bridgehead atoms. The summed E-state index contributed by atoms with van der Waals surface area (Å²) in [7, 11) is 0. The summed E-state index contributed by atoms with van der Waals surface area (Å²) in [5.41, 5.74) is 0.994. The zero-order valence-corrected chi connectivity index (χ0v) is 16.4. The average Bonchev–Trinajstić information content (AvgIpc) is 3.25. The molecule has 3 N–H and O–H groups in total. The smallest absolute Gasteiger partial charge is 0.248 e. The maximum absolute atomic E-state index is 12.8. The number of aryl methyl sites for hydroxylation is 1. The lowest BCUT2D eigenvalue weighted by Gasteiger charge is -2.29. The summed E-state index contributed by atoms with van der Waals surface area (Å²) in [6.07, 6.45) is 3.48. The van der Waals surface area contributed by atoms with Gasteiger partial charge in [0.15, 0.2) is 5.96 Å². The number of para-hydroxylation sites is 1. The summed E-state index contributed by atoms with van der Waals surface area (Å²) in [4.78, 5) is 19.0. The molecule has 1 aromatic heterocycles. The number of hydrogen-bond acceptors (Lipinski definition) is 4. The molecule has 0 spiro atoms. The van der Waals surface area contributed by atoms with E-state index in [0.29, 0.717) is 24.8 Å². The number of carbonyl (C=O) groups excluding carboxylic acids is 1. The number of guanidine groups is 1. The molecule has 0 saturated heterocycles. The highest BCUT2D eigenvalue weighted by Crippen LogP contribution is 2.26. The fourth-order valence-corrected chi connectivity index (χ4v) is 3.29. The fraction of sp³-hybridized carbons (Fsp3) is 0.429. The summed E-state index contributed by atoms with van der Waals surface area (Å²) >= 11 is 0. The summed E-state index contributed by atoms with van der Waals surface area (Å²) < 4.78 is 5.29. The van der Waals surface area contributed by atoms with Crippen LogP contribution in [-0.2, 0) is 16.8 Å². The van der Waals surface area contributed by atoms with E-state index in [0.717, 1.165) is 18.5 Å². The number of benzene rings is 1. The summed E-state index contributed by atoms with van der Waals surface area (Å²) in [5, 5.41) is 16.8. The molecule has 3 rings (SSSR count). The number of furan rings is 1. The molecule has 1 aliphatic rings. The van der Waals surface area contributed by atoms with Crippen LogP contribution in [0, 0.1) is 0 Å². The second kappa shape index (κ2) is 8.93. The van der Waals surface area contributed by atoms with Gasteiger partial charge in [0.05, 0.1) is 12.8 Å². The quantitative estimate of drug-likeness (QED) is 0.524. The highest BCUT2D eigenvalue weighted by Gasteiger charge is 2.26. The Morgan fingerprint density at radius 2 is 2.11 bits per heavy atom. The van der Waals surface area contributed by atoms with Gasteiger partial charge in [0.1, 0.15) is 17.9 Å². The first-order chi connectivity index (χ1) is 13.5. The van der Waals surface area contributed by atoms with E-state index in [-0.39, 0.29) is 19.0 Å².